The first-order chi connectivity index (χ1) is 16.7. The predicted molar refractivity (Wildman–Crippen MR) is 124 cm³/mol. The van der Waals surface area contributed by atoms with E-state index in [4.69, 9.17) is 17.0 Å². The normalized spacial score (nSPS) is 11.9. The van der Waals surface area contributed by atoms with Crippen molar-refractivity contribution < 1.29 is 49.7 Å². The van der Waals surface area contributed by atoms with E-state index >= 15 is 0 Å². The first kappa shape index (κ1) is 29.4. The van der Waals surface area contributed by atoms with Gasteiger partial charge in [-0.1, -0.05) is 6.92 Å². The van der Waals surface area contributed by atoms with Crippen LogP contribution in [-0.4, -0.2) is 49.9 Å². The number of rotatable bonds is 10. The van der Waals surface area contributed by atoms with Gasteiger partial charge in [-0.3, -0.25) is 0 Å². The summed E-state index contributed by atoms with van der Waals surface area (Å²) in [4.78, 5) is 13.1. The third-order valence-electron chi connectivity index (χ3n) is 4.47. The second-order valence-electron chi connectivity index (χ2n) is 7.21. The van der Waals surface area contributed by atoms with Crippen LogP contribution < -0.4 is 20.1 Å². The van der Waals surface area contributed by atoms with Crippen molar-refractivity contribution in [2.24, 2.45) is 0 Å². The van der Waals surface area contributed by atoms with Crippen molar-refractivity contribution in [2.75, 3.05) is 31.0 Å². The molecular weight excluding hydrogens is 541 g/mol. The summed E-state index contributed by atoms with van der Waals surface area (Å²) in [5, 5.41) is 5.63. The second-order valence-corrected chi connectivity index (χ2v) is 8.85. The zero-order chi connectivity index (χ0) is 27.3. The number of nitrogens with one attached hydrogen (secondary N) is 2. The summed E-state index contributed by atoms with van der Waals surface area (Å²) in [6.07, 6.45) is -8.19. The molecule has 1 aromatic heterocycles. The van der Waals surface area contributed by atoms with Gasteiger partial charge in [-0.2, -0.15) is 22.0 Å². The Bertz CT molecular complexity index is 1090. The van der Waals surface area contributed by atoms with Crippen molar-refractivity contribution in [1.29, 1.82) is 0 Å². The number of carbonyl (C=O) groups excluding carboxylic acids is 1. The van der Waals surface area contributed by atoms with Gasteiger partial charge in [0.05, 0.1) is 12.7 Å². The van der Waals surface area contributed by atoms with Gasteiger partial charge in [0.15, 0.2) is 18.3 Å². The van der Waals surface area contributed by atoms with Crippen molar-refractivity contribution in [3.63, 3.8) is 0 Å². The third-order valence-corrected chi connectivity index (χ3v) is 5.74. The van der Waals surface area contributed by atoms with Crippen LogP contribution in [0.25, 0.3) is 0 Å². The van der Waals surface area contributed by atoms with Crippen molar-refractivity contribution in [3.8, 4) is 11.5 Å². The highest BCUT2D eigenvalue weighted by molar-refractivity contribution is 7.80. The molecule has 0 aliphatic rings. The summed E-state index contributed by atoms with van der Waals surface area (Å²) in [7, 11) is 1.21. The number of thiophene rings is 1. The van der Waals surface area contributed by atoms with Crippen molar-refractivity contribution in [1.82, 2.24) is 0 Å². The van der Waals surface area contributed by atoms with Crippen LogP contribution in [0, 0.1) is 6.92 Å². The van der Waals surface area contributed by atoms with Gasteiger partial charge in [0.2, 0.25) is 0 Å². The molecule has 1 aromatic carbocycles. The maximum atomic E-state index is 13.2. The van der Waals surface area contributed by atoms with Gasteiger partial charge in [-0.15, -0.1) is 11.3 Å². The molecule has 0 spiro atoms. The van der Waals surface area contributed by atoms with Gasteiger partial charge in [-0.25, -0.2) is 13.6 Å². The average molecular weight is 563 g/mol. The Hall–Kier alpha value is -2.81. The fourth-order valence-electron chi connectivity index (χ4n) is 2.89. The Balaban J connectivity index is 2.29. The highest BCUT2D eigenvalue weighted by Crippen LogP contribution is 2.35. The Kier molecular flexibility index (Phi) is 9.77. The number of thiocarbonyl (C=S) groups is 1. The molecule has 0 fully saturated rings. The lowest BCUT2D eigenvalue weighted by molar-refractivity contribution is -0.153. The van der Waals surface area contributed by atoms with Crippen LogP contribution in [0.2, 0.25) is 0 Å². The van der Waals surface area contributed by atoms with E-state index in [-0.39, 0.29) is 16.4 Å². The molecule has 0 amide bonds. The molecule has 36 heavy (non-hydrogen) atoms. The van der Waals surface area contributed by atoms with E-state index in [0.717, 1.165) is 28.6 Å². The van der Waals surface area contributed by atoms with Crippen LogP contribution >= 0.6 is 23.6 Å². The number of aryl methyl sites for hydroxylation is 1. The van der Waals surface area contributed by atoms with Crippen molar-refractivity contribution in [2.45, 2.75) is 38.8 Å². The first-order valence-electron chi connectivity index (χ1n) is 10.1. The number of methoxy groups -OCH3 is 1. The average Bonchev–Trinajstić information content (AvgIpc) is 3.09. The second kappa shape index (κ2) is 12.0. The van der Waals surface area contributed by atoms with Crippen LogP contribution in [0.5, 0.6) is 11.5 Å². The SMILES string of the molecule is CCc1c(C)sc(NC(=S)Nc2cc(OCC(F)(F)F)cc(OCC(F)(F)C(F)F)c2)c1C(=O)OC. The van der Waals surface area contributed by atoms with Crippen LogP contribution in [0.4, 0.5) is 41.4 Å². The number of benzene rings is 1. The van der Waals surface area contributed by atoms with E-state index < -0.39 is 49.2 Å². The molecule has 0 aliphatic heterocycles. The maximum Gasteiger partial charge on any atom is 0.422 e. The van der Waals surface area contributed by atoms with Gasteiger partial charge < -0.3 is 24.8 Å². The van der Waals surface area contributed by atoms with Crippen LogP contribution in [0.15, 0.2) is 18.2 Å². The highest BCUT2D eigenvalue weighted by atomic mass is 32.1. The molecule has 2 N–H and O–H groups in total. The topological polar surface area (TPSA) is 68.8 Å². The minimum atomic E-state index is -4.71. The number of ether oxygens (including phenoxy) is 3. The monoisotopic (exact) mass is 562 g/mol. The molecular formula is C21H21F7N2O4S2. The van der Waals surface area contributed by atoms with E-state index in [1.807, 2.05) is 6.92 Å². The molecule has 1 heterocycles. The summed E-state index contributed by atoms with van der Waals surface area (Å²) in [6, 6.07) is 2.95. The molecule has 2 rings (SSSR count). The van der Waals surface area contributed by atoms with Gasteiger partial charge in [0, 0.05) is 28.8 Å². The molecule has 0 saturated carbocycles. The fourth-order valence-corrected chi connectivity index (χ4v) is 4.32. The molecule has 0 atom stereocenters. The quantitative estimate of drug-likeness (QED) is 0.196. The molecule has 15 heteroatoms. The van der Waals surface area contributed by atoms with Crippen molar-refractivity contribution in [3.05, 3.63) is 34.2 Å². The zero-order valence-corrected chi connectivity index (χ0v) is 20.7. The summed E-state index contributed by atoms with van der Waals surface area (Å²) < 4.78 is 103. The standard InChI is InChI=1S/C21H21F7N2O4S2/c1-4-14-10(2)36-16(15(14)17(31)32-3)30-19(35)29-11-5-12(33-8-20(24,25)18(22)23)7-13(6-11)34-9-21(26,27)28/h5-7,18H,4,8-9H2,1-3H3,(H2,29,30,35). The van der Waals surface area contributed by atoms with Gasteiger partial charge in [0.1, 0.15) is 16.5 Å². The van der Waals surface area contributed by atoms with Crippen LogP contribution in [0.1, 0.15) is 27.7 Å². The summed E-state index contributed by atoms with van der Waals surface area (Å²) in [5.74, 6) is -6.03. The van der Waals surface area contributed by atoms with Gasteiger partial charge in [0.25, 0.3) is 0 Å². The number of anilines is 2. The molecule has 2 aromatic rings. The van der Waals surface area contributed by atoms with Gasteiger partial charge in [-0.05, 0) is 31.1 Å². The lowest BCUT2D eigenvalue weighted by atomic mass is 10.1. The highest BCUT2D eigenvalue weighted by Gasteiger charge is 2.41. The van der Waals surface area contributed by atoms with Crippen LogP contribution in [0.3, 0.4) is 0 Å². The summed E-state index contributed by atoms with van der Waals surface area (Å²) >= 11 is 6.42. The van der Waals surface area contributed by atoms with Gasteiger partial charge >= 0.3 is 24.5 Å². The number of halogens is 7. The lowest BCUT2D eigenvalue weighted by Crippen LogP contribution is -2.33. The van der Waals surface area contributed by atoms with E-state index in [0.29, 0.717) is 11.4 Å². The molecule has 0 saturated heterocycles. The van der Waals surface area contributed by atoms with Crippen molar-refractivity contribution >= 4 is 45.3 Å². The van der Waals surface area contributed by atoms with E-state index in [1.165, 1.54) is 18.4 Å². The third kappa shape index (κ3) is 8.11. The van der Waals surface area contributed by atoms with E-state index in [9.17, 15) is 35.5 Å². The zero-order valence-electron chi connectivity index (χ0n) is 19.0. The largest absolute Gasteiger partial charge is 0.487 e. The predicted octanol–water partition coefficient (Wildman–Crippen LogP) is 6.43. The number of esters is 1. The summed E-state index contributed by atoms with van der Waals surface area (Å²) in [5.41, 5.74) is 0.925. The Morgan fingerprint density at radius 1 is 1.06 bits per heavy atom. The molecule has 0 bridgehead atoms. The molecule has 0 aliphatic carbocycles. The minimum absolute atomic E-state index is 0.0638. The smallest absolute Gasteiger partial charge is 0.422 e. The lowest BCUT2D eigenvalue weighted by Gasteiger charge is -2.18. The maximum absolute atomic E-state index is 13.2. The Morgan fingerprint density at radius 3 is 2.14 bits per heavy atom. The number of hydrogen-bond acceptors (Lipinski definition) is 6. The molecule has 200 valence electrons. The molecule has 0 unspecified atom stereocenters. The number of carbonyl (C=O) groups is 1. The Labute approximate surface area is 210 Å². The molecule has 6 nitrogen and oxygen atoms in total. The fraction of sp³-hybridized carbons (Fsp3) is 0.429. The summed E-state index contributed by atoms with van der Waals surface area (Å²) in [6.45, 7) is 0.194. The first-order valence-corrected chi connectivity index (χ1v) is 11.3. The number of hydrogen-bond donors (Lipinski definition) is 2. The van der Waals surface area contributed by atoms with E-state index in [1.54, 1.807) is 6.92 Å². The molecule has 0 radical (unpaired) electrons. The van der Waals surface area contributed by atoms with E-state index in [2.05, 4.69) is 20.1 Å². The van der Waals surface area contributed by atoms with Crippen LogP contribution in [-0.2, 0) is 11.2 Å². The minimum Gasteiger partial charge on any atom is -0.487 e. The number of alkyl halides is 7. The Morgan fingerprint density at radius 2 is 1.64 bits per heavy atom.